The first kappa shape index (κ1) is 21.0. The number of likely N-dealkylation sites (tertiary alicyclic amines) is 1. The third kappa shape index (κ3) is 2.92. The molecule has 3 amide bonds. The molecule has 0 aromatic heterocycles. The molecular formula is C20H33N3O5. The van der Waals surface area contributed by atoms with Gasteiger partial charge in [-0.15, -0.1) is 0 Å². The van der Waals surface area contributed by atoms with Crippen LogP contribution in [0.2, 0.25) is 0 Å². The summed E-state index contributed by atoms with van der Waals surface area (Å²) in [6.07, 6.45) is 3.04. The van der Waals surface area contributed by atoms with Crippen molar-refractivity contribution < 1.29 is 24.2 Å². The Kier molecular flexibility index (Phi) is 5.74. The lowest BCUT2D eigenvalue weighted by Crippen LogP contribution is -2.56. The SMILES string of the molecule is CC[C@]12CCC3(O1)C(C(=O)NC(C)C)N(CCCCO)C(=O)[C@@H]3[C@H]2C(=O)NC. The monoisotopic (exact) mass is 395 g/mol. The minimum absolute atomic E-state index is 0.0375. The number of unbranched alkanes of at least 4 members (excludes halogenated alkanes) is 1. The number of ether oxygens (including phenoxy) is 1. The molecule has 0 aromatic rings. The molecule has 3 rings (SSSR count). The van der Waals surface area contributed by atoms with Gasteiger partial charge in [-0.3, -0.25) is 14.4 Å². The number of rotatable bonds is 8. The lowest BCUT2D eigenvalue weighted by molar-refractivity contribution is -0.147. The van der Waals surface area contributed by atoms with Crippen LogP contribution in [0.3, 0.4) is 0 Å². The van der Waals surface area contributed by atoms with Crippen molar-refractivity contribution in [1.29, 1.82) is 0 Å². The van der Waals surface area contributed by atoms with Crippen LogP contribution in [-0.4, -0.2) is 71.2 Å². The second-order valence-electron chi connectivity index (χ2n) is 8.57. The zero-order valence-corrected chi connectivity index (χ0v) is 17.3. The van der Waals surface area contributed by atoms with Crippen molar-refractivity contribution in [2.45, 2.75) is 76.2 Å². The number of fused-ring (bicyclic) bond motifs is 1. The number of aliphatic hydroxyl groups is 1. The van der Waals surface area contributed by atoms with Crippen LogP contribution in [-0.2, 0) is 19.1 Å². The van der Waals surface area contributed by atoms with Crippen molar-refractivity contribution in [2.24, 2.45) is 11.8 Å². The van der Waals surface area contributed by atoms with Crippen LogP contribution in [0.1, 0.15) is 52.9 Å². The minimum atomic E-state index is -0.956. The van der Waals surface area contributed by atoms with Crippen molar-refractivity contribution in [1.82, 2.24) is 15.5 Å². The summed E-state index contributed by atoms with van der Waals surface area (Å²) in [5, 5.41) is 14.8. The van der Waals surface area contributed by atoms with Gasteiger partial charge in [0.05, 0.1) is 17.4 Å². The van der Waals surface area contributed by atoms with Crippen molar-refractivity contribution in [3.8, 4) is 0 Å². The van der Waals surface area contributed by atoms with Gasteiger partial charge in [0.25, 0.3) is 0 Å². The normalized spacial score (nSPS) is 36.1. The fourth-order valence-corrected chi connectivity index (χ4v) is 5.57. The largest absolute Gasteiger partial charge is 0.396 e. The van der Waals surface area contributed by atoms with E-state index in [0.717, 1.165) is 0 Å². The van der Waals surface area contributed by atoms with Crippen LogP contribution in [0.5, 0.6) is 0 Å². The number of hydrogen-bond donors (Lipinski definition) is 3. The Morgan fingerprint density at radius 1 is 1.29 bits per heavy atom. The maximum Gasteiger partial charge on any atom is 0.246 e. The molecule has 0 radical (unpaired) electrons. The number of carbonyl (C=O) groups excluding carboxylic acids is 3. The summed E-state index contributed by atoms with van der Waals surface area (Å²) < 4.78 is 6.54. The second kappa shape index (κ2) is 7.63. The Balaban J connectivity index is 2.02. The summed E-state index contributed by atoms with van der Waals surface area (Å²) >= 11 is 0. The van der Waals surface area contributed by atoms with Crippen molar-refractivity contribution in [3.63, 3.8) is 0 Å². The van der Waals surface area contributed by atoms with Gasteiger partial charge in [0, 0.05) is 26.2 Å². The van der Waals surface area contributed by atoms with Crippen LogP contribution in [0.15, 0.2) is 0 Å². The molecule has 8 heteroatoms. The van der Waals surface area contributed by atoms with Gasteiger partial charge in [0.1, 0.15) is 11.6 Å². The van der Waals surface area contributed by atoms with Crippen molar-refractivity contribution in [2.75, 3.05) is 20.2 Å². The molecule has 1 spiro atoms. The van der Waals surface area contributed by atoms with Gasteiger partial charge >= 0.3 is 0 Å². The molecule has 0 aliphatic carbocycles. The van der Waals surface area contributed by atoms with E-state index in [1.807, 2.05) is 20.8 Å². The highest BCUT2D eigenvalue weighted by Crippen LogP contribution is 2.64. The average molecular weight is 396 g/mol. The van der Waals surface area contributed by atoms with Crippen LogP contribution < -0.4 is 10.6 Å². The van der Waals surface area contributed by atoms with Crippen LogP contribution in [0, 0.1) is 11.8 Å². The summed E-state index contributed by atoms with van der Waals surface area (Å²) in [4.78, 5) is 41.0. The van der Waals surface area contributed by atoms with Gasteiger partial charge < -0.3 is 25.4 Å². The number of nitrogens with one attached hydrogen (secondary N) is 2. The molecule has 8 nitrogen and oxygen atoms in total. The lowest BCUT2D eigenvalue weighted by Gasteiger charge is -2.34. The first-order valence-corrected chi connectivity index (χ1v) is 10.4. The summed E-state index contributed by atoms with van der Waals surface area (Å²) in [5.74, 6) is -1.81. The molecule has 3 aliphatic rings. The van der Waals surface area contributed by atoms with Gasteiger partial charge in [-0.1, -0.05) is 6.92 Å². The summed E-state index contributed by atoms with van der Waals surface area (Å²) in [7, 11) is 1.58. The van der Waals surface area contributed by atoms with E-state index >= 15 is 0 Å². The molecule has 28 heavy (non-hydrogen) atoms. The molecule has 3 aliphatic heterocycles. The number of amides is 3. The average Bonchev–Trinajstić information content (AvgIpc) is 3.25. The lowest BCUT2D eigenvalue weighted by atomic mass is 9.65. The summed E-state index contributed by atoms with van der Waals surface area (Å²) in [5.41, 5.74) is -1.64. The van der Waals surface area contributed by atoms with Gasteiger partial charge in [-0.25, -0.2) is 0 Å². The fraction of sp³-hybridized carbons (Fsp3) is 0.850. The zero-order chi connectivity index (χ0) is 20.7. The Hall–Kier alpha value is -1.67. The fourth-order valence-electron chi connectivity index (χ4n) is 5.57. The molecule has 158 valence electrons. The van der Waals surface area contributed by atoms with Gasteiger partial charge in [-0.2, -0.15) is 0 Å². The van der Waals surface area contributed by atoms with E-state index in [1.54, 1.807) is 11.9 Å². The van der Waals surface area contributed by atoms with E-state index in [4.69, 9.17) is 9.84 Å². The Morgan fingerprint density at radius 3 is 2.57 bits per heavy atom. The third-order valence-corrected chi connectivity index (χ3v) is 6.70. The predicted molar refractivity (Wildman–Crippen MR) is 102 cm³/mol. The van der Waals surface area contributed by atoms with Crippen LogP contribution in [0.4, 0.5) is 0 Å². The molecular weight excluding hydrogens is 362 g/mol. The van der Waals surface area contributed by atoms with E-state index in [0.29, 0.717) is 38.6 Å². The van der Waals surface area contributed by atoms with Crippen molar-refractivity contribution in [3.05, 3.63) is 0 Å². The van der Waals surface area contributed by atoms with E-state index < -0.39 is 29.1 Å². The minimum Gasteiger partial charge on any atom is -0.396 e. The molecule has 0 aromatic carbocycles. The molecule has 2 unspecified atom stereocenters. The Bertz CT molecular complexity index is 654. The first-order chi connectivity index (χ1) is 13.3. The topological polar surface area (TPSA) is 108 Å². The Morgan fingerprint density at radius 2 is 2.00 bits per heavy atom. The maximum absolute atomic E-state index is 13.5. The molecule has 3 fully saturated rings. The summed E-state index contributed by atoms with van der Waals surface area (Å²) in [6, 6.07) is -0.806. The molecule has 3 heterocycles. The van der Waals surface area contributed by atoms with Gasteiger partial charge in [0.2, 0.25) is 17.7 Å². The predicted octanol–water partition coefficient (Wildman–Crippen LogP) is 0.184. The molecule has 3 N–H and O–H groups in total. The van der Waals surface area contributed by atoms with Gasteiger partial charge in [0.15, 0.2) is 0 Å². The highest BCUT2D eigenvalue weighted by Gasteiger charge is 2.78. The standard InChI is InChI=1S/C20H33N3O5/c1-5-19-8-9-20(28-19)14(13(19)16(25)21-4)18(27)23(10-6-7-11-24)15(20)17(26)22-12(2)3/h12-15,24H,5-11H2,1-4H3,(H,21,25)(H,22,26)/t13-,14-,15?,19+,20?/m0/s1. The zero-order valence-electron chi connectivity index (χ0n) is 17.3. The smallest absolute Gasteiger partial charge is 0.246 e. The first-order valence-electron chi connectivity index (χ1n) is 10.4. The van der Waals surface area contributed by atoms with Crippen LogP contribution in [0.25, 0.3) is 0 Å². The molecule has 5 atom stereocenters. The van der Waals surface area contributed by atoms with E-state index in [2.05, 4.69) is 10.6 Å². The number of aliphatic hydroxyl groups excluding tert-OH is 1. The van der Waals surface area contributed by atoms with E-state index in [9.17, 15) is 14.4 Å². The third-order valence-electron chi connectivity index (χ3n) is 6.70. The maximum atomic E-state index is 13.5. The number of nitrogens with zero attached hydrogens (tertiary/aromatic N) is 1. The number of carbonyl (C=O) groups is 3. The second-order valence-corrected chi connectivity index (χ2v) is 8.57. The number of hydrogen-bond acceptors (Lipinski definition) is 5. The molecule has 0 saturated carbocycles. The van der Waals surface area contributed by atoms with Crippen molar-refractivity contribution >= 4 is 17.7 Å². The summed E-state index contributed by atoms with van der Waals surface area (Å²) in [6.45, 7) is 6.15. The highest BCUT2D eigenvalue weighted by atomic mass is 16.5. The van der Waals surface area contributed by atoms with E-state index in [-0.39, 0.29) is 30.4 Å². The Labute approximate surface area is 166 Å². The quantitative estimate of drug-likeness (QED) is 0.508. The molecule has 2 bridgehead atoms. The highest BCUT2D eigenvalue weighted by molar-refractivity contribution is 5.99. The molecule has 3 saturated heterocycles. The van der Waals surface area contributed by atoms with Crippen LogP contribution >= 0.6 is 0 Å². The van der Waals surface area contributed by atoms with Gasteiger partial charge in [-0.05, 0) is 46.0 Å². The van der Waals surface area contributed by atoms with E-state index in [1.165, 1.54) is 0 Å².